The second kappa shape index (κ2) is 6.41. The summed E-state index contributed by atoms with van der Waals surface area (Å²) >= 11 is 4.98. The minimum Gasteiger partial charge on any atom is -0.398 e. The Kier molecular flexibility index (Phi) is 4.83. The van der Waals surface area contributed by atoms with E-state index < -0.39 is 0 Å². The average Bonchev–Trinajstić information content (AvgIpc) is 2.92. The number of halogens is 1. The molecule has 0 saturated carbocycles. The first-order valence-corrected chi connectivity index (χ1v) is 8.05. The predicted octanol–water partition coefficient (Wildman–Crippen LogP) is 4.22. The SMILES string of the molecule is CC(C)C(NC(=O)c1ccc(Br)c(N)c1)c1cccs1. The molecular formula is C15H17BrN2OS. The number of amides is 1. The quantitative estimate of drug-likeness (QED) is 0.809. The van der Waals surface area contributed by atoms with Crippen LogP contribution in [0.4, 0.5) is 5.69 Å². The van der Waals surface area contributed by atoms with Gasteiger partial charge in [0, 0.05) is 20.6 Å². The molecule has 0 radical (unpaired) electrons. The second-order valence-corrected chi connectivity index (χ2v) is 6.78. The summed E-state index contributed by atoms with van der Waals surface area (Å²) in [4.78, 5) is 13.5. The number of nitrogens with two attached hydrogens (primary N) is 1. The molecule has 1 aromatic carbocycles. The number of nitrogens with one attached hydrogen (secondary N) is 1. The largest absolute Gasteiger partial charge is 0.398 e. The molecule has 106 valence electrons. The van der Waals surface area contributed by atoms with Gasteiger partial charge in [0.05, 0.1) is 6.04 Å². The summed E-state index contributed by atoms with van der Waals surface area (Å²) in [5.74, 6) is 0.224. The van der Waals surface area contributed by atoms with E-state index in [0.717, 1.165) is 4.47 Å². The Labute approximate surface area is 131 Å². The number of thiophene rings is 1. The third kappa shape index (κ3) is 3.41. The molecule has 0 aliphatic rings. The number of benzene rings is 1. The van der Waals surface area contributed by atoms with Crippen LogP contribution < -0.4 is 11.1 Å². The van der Waals surface area contributed by atoms with Crippen LogP contribution in [0.5, 0.6) is 0 Å². The highest BCUT2D eigenvalue weighted by molar-refractivity contribution is 9.10. The van der Waals surface area contributed by atoms with Crippen LogP contribution in [-0.4, -0.2) is 5.91 Å². The van der Waals surface area contributed by atoms with Crippen molar-refractivity contribution < 1.29 is 4.79 Å². The van der Waals surface area contributed by atoms with Crippen LogP contribution >= 0.6 is 27.3 Å². The van der Waals surface area contributed by atoms with E-state index >= 15 is 0 Å². The summed E-state index contributed by atoms with van der Waals surface area (Å²) in [7, 11) is 0. The van der Waals surface area contributed by atoms with E-state index in [1.54, 1.807) is 29.5 Å². The molecule has 3 nitrogen and oxygen atoms in total. The van der Waals surface area contributed by atoms with Crippen LogP contribution in [0, 0.1) is 5.92 Å². The maximum absolute atomic E-state index is 12.3. The molecular weight excluding hydrogens is 336 g/mol. The number of nitrogen functional groups attached to an aromatic ring is 1. The van der Waals surface area contributed by atoms with Crippen LogP contribution in [-0.2, 0) is 0 Å². The summed E-state index contributed by atoms with van der Waals surface area (Å²) in [6, 6.07) is 9.31. The van der Waals surface area contributed by atoms with Crippen molar-refractivity contribution in [2.24, 2.45) is 5.92 Å². The molecule has 1 amide bonds. The predicted molar refractivity (Wildman–Crippen MR) is 87.9 cm³/mol. The lowest BCUT2D eigenvalue weighted by atomic mass is 10.0. The van der Waals surface area contributed by atoms with E-state index in [-0.39, 0.29) is 11.9 Å². The van der Waals surface area contributed by atoms with E-state index in [1.165, 1.54) is 4.88 Å². The van der Waals surface area contributed by atoms with Gasteiger partial charge in [0.15, 0.2) is 0 Å². The highest BCUT2D eigenvalue weighted by atomic mass is 79.9. The molecule has 2 aromatic rings. The Morgan fingerprint density at radius 2 is 2.10 bits per heavy atom. The van der Waals surface area contributed by atoms with Gasteiger partial charge in [0.1, 0.15) is 0 Å². The normalized spacial score (nSPS) is 12.4. The van der Waals surface area contributed by atoms with Crippen molar-refractivity contribution in [3.63, 3.8) is 0 Å². The molecule has 0 aliphatic carbocycles. The van der Waals surface area contributed by atoms with Crippen molar-refractivity contribution in [1.82, 2.24) is 5.32 Å². The van der Waals surface area contributed by atoms with E-state index in [1.807, 2.05) is 17.5 Å². The number of hydrogen-bond acceptors (Lipinski definition) is 3. The maximum atomic E-state index is 12.3. The third-order valence-corrected chi connectivity index (χ3v) is 4.74. The molecule has 20 heavy (non-hydrogen) atoms. The Hall–Kier alpha value is -1.33. The Bertz CT molecular complexity index is 596. The molecule has 0 spiro atoms. The lowest BCUT2D eigenvalue weighted by Gasteiger charge is -2.21. The lowest BCUT2D eigenvalue weighted by Crippen LogP contribution is -2.31. The first-order chi connectivity index (χ1) is 9.49. The summed E-state index contributed by atoms with van der Waals surface area (Å²) in [5, 5.41) is 5.10. The zero-order chi connectivity index (χ0) is 14.7. The van der Waals surface area contributed by atoms with Crippen molar-refractivity contribution in [2.45, 2.75) is 19.9 Å². The molecule has 1 heterocycles. The topological polar surface area (TPSA) is 55.1 Å². The Balaban J connectivity index is 2.18. The van der Waals surface area contributed by atoms with E-state index in [2.05, 4.69) is 35.1 Å². The van der Waals surface area contributed by atoms with Crippen LogP contribution in [0.1, 0.15) is 35.1 Å². The van der Waals surface area contributed by atoms with Crippen LogP contribution in [0.25, 0.3) is 0 Å². The zero-order valence-electron chi connectivity index (χ0n) is 11.4. The Morgan fingerprint density at radius 1 is 1.35 bits per heavy atom. The highest BCUT2D eigenvalue weighted by Gasteiger charge is 2.20. The van der Waals surface area contributed by atoms with Crippen molar-refractivity contribution in [3.05, 3.63) is 50.6 Å². The first-order valence-electron chi connectivity index (χ1n) is 6.38. The summed E-state index contributed by atoms with van der Waals surface area (Å²) in [6.07, 6.45) is 0. The smallest absolute Gasteiger partial charge is 0.251 e. The minimum absolute atomic E-state index is 0.0207. The number of carbonyl (C=O) groups is 1. The van der Waals surface area contributed by atoms with Gasteiger partial charge in [-0.2, -0.15) is 0 Å². The van der Waals surface area contributed by atoms with Gasteiger partial charge in [-0.25, -0.2) is 0 Å². The summed E-state index contributed by atoms with van der Waals surface area (Å²) in [5.41, 5.74) is 6.96. The van der Waals surface area contributed by atoms with Crippen molar-refractivity contribution >= 4 is 38.9 Å². The fourth-order valence-corrected chi connectivity index (χ4v) is 3.14. The standard InChI is InChI=1S/C15H17BrN2OS/c1-9(2)14(13-4-3-7-20-13)18-15(19)10-5-6-11(16)12(17)8-10/h3-9,14H,17H2,1-2H3,(H,18,19). The van der Waals surface area contributed by atoms with Crippen LogP contribution in [0.2, 0.25) is 0 Å². The number of carbonyl (C=O) groups excluding carboxylic acids is 1. The molecule has 5 heteroatoms. The van der Waals surface area contributed by atoms with Gasteiger partial charge in [0.2, 0.25) is 0 Å². The van der Waals surface area contributed by atoms with Crippen molar-refractivity contribution in [2.75, 3.05) is 5.73 Å². The number of anilines is 1. The Morgan fingerprint density at radius 3 is 2.65 bits per heavy atom. The van der Waals surface area contributed by atoms with E-state index in [4.69, 9.17) is 5.73 Å². The number of hydrogen-bond donors (Lipinski definition) is 2. The monoisotopic (exact) mass is 352 g/mol. The van der Waals surface area contributed by atoms with E-state index in [0.29, 0.717) is 17.2 Å². The van der Waals surface area contributed by atoms with Crippen LogP contribution in [0.3, 0.4) is 0 Å². The van der Waals surface area contributed by atoms with Crippen molar-refractivity contribution in [3.8, 4) is 0 Å². The van der Waals surface area contributed by atoms with Gasteiger partial charge in [-0.1, -0.05) is 19.9 Å². The molecule has 0 aliphatic heterocycles. The maximum Gasteiger partial charge on any atom is 0.251 e. The van der Waals surface area contributed by atoms with Gasteiger partial charge in [-0.3, -0.25) is 4.79 Å². The minimum atomic E-state index is -0.101. The van der Waals surface area contributed by atoms with Gasteiger partial charge in [0.25, 0.3) is 5.91 Å². The van der Waals surface area contributed by atoms with Gasteiger partial charge in [-0.15, -0.1) is 11.3 Å². The second-order valence-electron chi connectivity index (χ2n) is 4.95. The van der Waals surface area contributed by atoms with E-state index in [9.17, 15) is 4.79 Å². The first kappa shape index (κ1) is 15.1. The molecule has 0 bridgehead atoms. The molecule has 2 rings (SSSR count). The fraction of sp³-hybridized carbons (Fsp3) is 0.267. The fourth-order valence-electron chi connectivity index (χ4n) is 1.94. The van der Waals surface area contributed by atoms with Crippen molar-refractivity contribution in [1.29, 1.82) is 0 Å². The molecule has 1 aromatic heterocycles. The average molecular weight is 353 g/mol. The zero-order valence-corrected chi connectivity index (χ0v) is 13.8. The van der Waals surface area contributed by atoms with Gasteiger partial charge < -0.3 is 11.1 Å². The van der Waals surface area contributed by atoms with Gasteiger partial charge in [-0.05, 0) is 51.5 Å². The van der Waals surface area contributed by atoms with Gasteiger partial charge >= 0.3 is 0 Å². The molecule has 0 fully saturated rings. The lowest BCUT2D eigenvalue weighted by molar-refractivity contribution is 0.0926. The molecule has 1 atom stereocenters. The summed E-state index contributed by atoms with van der Waals surface area (Å²) in [6.45, 7) is 4.20. The number of rotatable bonds is 4. The van der Waals surface area contributed by atoms with Crippen LogP contribution in [0.15, 0.2) is 40.2 Å². The summed E-state index contributed by atoms with van der Waals surface area (Å²) < 4.78 is 0.799. The molecule has 3 N–H and O–H groups in total. The third-order valence-electron chi connectivity index (χ3n) is 3.06. The molecule has 1 unspecified atom stereocenters. The highest BCUT2D eigenvalue weighted by Crippen LogP contribution is 2.27. The molecule has 0 saturated heterocycles.